The maximum atomic E-state index is 14.2. The number of fused-ring (bicyclic) bond motifs is 1. The second kappa shape index (κ2) is 7.34. The third kappa shape index (κ3) is 3.19. The van der Waals surface area contributed by atoms with Gasteiger partial charge in [-0.1, -0.05) is 6.07 Å². The van der Waals surface area contributed by atoms with Gasteiger partial charge in [0.25, 0.3) is 0 Å². The number of rotatable bonds is 5. The van der Waals surface area contributed by atoms with Gasteiger partial charge >= 0.3 is 0 Å². The first-order chi connectivity index (χ1) is 13.6. The lowest BCUT2D eigenvalue weighted by Crippen LogP contribution is -2.04. The first-order valence-electron chi connectivity index (χ1n) is 9.02. The molecule has 0 aliphatic heterocycles. The van der Waals surface area contributed by atoms with Crippen LogP contribution >= 0.6 is 0 Å². The van der Waals surface area contributed by atoms with E-state index in [2.05, 4.69) is 20.2 Å². The number of nitrogens with zero attached hydrogens (tertiary/aromatic N) is 5. The molecule has 142 valence electrons. The minimum Gasteiger partial charge on any atom is -0.496 e. The molecule has 0 saturated carbocycles. The number of pyridine rings is 1. The number of benzene rings is 1. The lowest BCUT2D eigenvalue weighted by atomic mass is 10.0. The van der Waals surface area contributed by atoms with E-state index >= 15 is 0 Å². The molecule has 0 bridgehead atoms. The first kappa shape index (κ1) is 18.0. The summed E-state index contributed by atoms with van der Waals surface area (Å²) < 4.78 is 21.5. The van der Waals surface area contributed by atoms with Gasteiger partial charge in [-0.15, -0.1) is 10.2 Å². The molecule has 0 spiro atoms. The monoisotopic (exact) mass is 377 g/mol. The Morgan fingerprint density at radius 2 is 1.93 bits per heavy atom. The number of aryl methyl sites for hydroxylation is 3. The molecule has 3 aromatic heterocycles. The van der Waals surface area contributed by atoms with Crippen LogP contribution in [-0.4, -0.2) is 31.7 Å². The van der Waals surface area contributed by atoms with Gasteiger partial charge in [0, 0.05) is 34.3 Å². The number of methoxy groups -OCH3 is 1. The van der Waals surface area contributed by atoms with E-state index in [0.717, 1.165) is 34.0 Å². The Morgan fingerprint density at radius 3 is 2.71 bits per heavy atom. The molecule has 0 aliphatic carbocycles. The Morgan fingerprint density at radius 1 is 1.07 bits per heavy atom. The third-order valence-electron chi connectivity index (χ3n) is 4.86. The molecule has 0 unspecified atom stereocenters. The molecule has 1 aromatic carbocycles. The van der Waals surface area contributed by atoms with E-state index in [1.54, 1.807) is 25.6 Å². The van der Waals surface area contributed by atoms with E-state index < -0.39 is 0 Å². The largest absolute Gasteiger partial charge is 0.496 e. The highest BCUT2D eigenvalue weighted by molar-refractivity contribution is 5.78. The van der Waals surface area contributed by atoms with Crippen molar-refractivity contribution >= 4 is 5.65 Å². The van der Waals surface area contributed by atoms with E-state index in [0.29, 0.717) is 24.2 Å². The lowest BCUT2D eigenvalue weighted by molar-refractivity contribution is 0.404. The molecule has 0 N–H and O–H groups in total. The van der Waals surface area contributed by atoms with Crippen molar-refractivity contribution in [3.8, 4) is 16.9 Å². The van der Waals surface area contributed by atoms with Crippen LogP contribution in [0.25, 0.3) is 16.8 Å². The fourth-order valence-corrected chi connectivity index (χ4v) is 3.45. The second-order valence-electron chi connectivity index (χ2n) is 6.60. The third-order valence-corrected chi connectivity index (χ3v) is 4.86. The number of ether oxygens (including phenoxy) is 1. The van der Waals surface area contributed by atoms with Crippen LogP contribution in [0.5, 0.6) is 5.75 Å². The van der Waals surface area contributed by atoms with Crippen LogP contribution in [-0.2, 0) is 12.8 Å². The molecular formula is C21H20FN5O. The van der Waals surface area contributed by atoms with Crippen LogP contribution < -0.4 is 4.74 Å². The van der Waals surface area contributed by atoms with Crippen LogP contribution in [0.2, 0.25) is 0 Å². The van der Waals surface area contributed by atoms with Crippen molar-refractivity contribution in [2.24, 2.45) is 0 Å². The van der Waals surface area contributed by atoms with Gasteiger partial charge in [0.15, 0.2) is 5.65 Å². The molecule has 0 saturated heterocycles. The Hall–Kier alpha value is -3.35. The van der Waals surface area contributed by atoms with E-state index in [1.807, 2.05) is 36.6 Å². The van der Waals surface area contributed by atoms with Crippen molar-refractivity contribution < 1.29 is 9.13 Å². The van der Waals surface area contributed by atoms with Crippen LogP contribution in [0, 0.1) is 19.7 Å². The van der Waals surface area contributed by atoms with Crippen LogP contribution in [0.3, 0.4) is 0 Å². The average molecular weight is 377 g/mol. The second-order valence-corrected chi connectivity index (χ2v) is 6.60. The molecule has 0 aliphatic rings. The fourth-order valence-electron chi connectivity index (χ4n) is 3.45. The standard InChI is InChI=1S/C21H20FN5O/c1-13-18(11-23-14(2)25-13)16-9-7-15(27-12-24-26-21(16)27)8-10-17-19(22)5-4-6-20(17)28-3/h4-7,9,11-12H,8,10H2,1-3H3. The van der Waals surface area contributed by atoms with Crippen molar-refractivity contribution in [2.75, 3.05) is 7.11 Å². The maximum absolute atomic E-state index is 14.2. The number of hydrogen-bond acceptors (Lipinski definition) is 5. The van der Waals surface area contributed by atoms with Crippen LogP contribution in [0.15, 0.2) is 42.9 Å². The Labute approximate surface area is 162 Å². The summed E-state index contributed by atoms with van der Waals surface area (Å²) in [6.45, 7) is 3.82. The zero-order chi connectivity index (χ0) is 19.7. The predicted molar refractivity (Wildman–Crippen MR) is 104 cm³/mol. The number of aromatic nitrogens is 5. The molecule has 4 aromatic rings. The quantitative estimate of drug-likeness (QED) is 0.530. The van der Waals surface area contributed by atoms with E-state index in [4.69, 9.17) is 4.74 Å². The summed E-state index contributed by atoms with van der Waals surface area (Å²) in [5.41, 5.74) is 5.01. The van der Waals surface area contributed by atoms with Crippen LogP contribution in [0.1, 0.15) is 22.8 Å². The van der Waals surface area contributed by atoms with Gasteiger partial charge < -0.3 is 4.74 Å². The molecule has 4 rings (SSSR count). The Bertz CT molecular complexity index is 1150. The van der Waals surface area contributed by atoms with E-state index in [1.165, 1.54) is 6.07 Å². The summed E-state index contributed by atoms with van der Waals surface area (Å²) in [5.74, 6) is 1.03. The van der Waals surface area contributed by atoms with Crippen molar-refractivity contribution in [2.45, 2.75) is 26.7 Å². The fraction of sp³-hybridized carbons (Fsp3) is 0.238. The molecule has 0 amide bonds. The molecule has 0 radical (unpaired) electrons. The zero-order valence-corrected chi connectivity index (χ0v) is 16.0. The van der Waals surface area contributed by atoms with Crippen molar-refractivity contribution in [1.82, 2.24) is 24.6 Å². The van der Waals surface area contributed by atoms with Gasteiger partial charge in [-0.25, -0.2) is 14.4 Å². The molecule has 7 heteroatoms. The molecule has 0 fully saturated rings. The van der Waals surface area contributed by atoms with Gasteiger partial charge in [-0.05, 0) is 51.0 Å². The summed E-state index contributed by atoms with van der Waals surface area (Å²) in [6, 6.07) is 8.89. The zero-order valence-electron chi connectivity index (χ0n) is 16.0. The first-order valence-corrected chi connectivity index (χ1v) is 9.02. The van der Waals surface area contributed by atoms with Gasteiger partial charge in [-0.3, -0.25) is 4.40 Å². The van der Waals surface area contributed by atoms with Crippen molar-refractivity contribution in [3.63, 3.8) is 0 Å². The molecule has 3 heterocycles. The number of halogens is 1. The van der Waals surface area contributed by atoms with Crippen LogP contribution in [0.4, 0.5) is 4.39 Å². The van der Waals surface area contributed by atoms with Crippen molar-refractivity contribution in [1.29, 1.82) is 0 Å². The minimum atomic E-state index is -0.261. The van der Waals surface area contributed by atoms with Crippen molar-refractivity contribution in [3.05, 3.63) is 71.4 Å². The normalized spacial score (nSPS) is 11.1. The summed E-state index contributed by atoms with van der Waals surface area (Å²) in [7, 11) is 1.55. The molecule has 28 heavy (non-hydrogen) atoms. The predicted octanol–water partition coefficient (Wildman–Crippen LogP) is 3.74. The highest BCUT2D eigenvalue weighted by Crippen LogP contribution is 2.27. The highest BCUT2D eigenvalue weighted by atomic mass is 19.1. The van der Waals surface area contributed by atoms with E-state index in [9.17, 15) is 4.39 Å². The summed E-state index contributed by atoms with van der Waals surface area (Å²) >= 11 is 0. The summed E-state index contributed by atoms with van der Waals surface area (Å²) in [5, 5.41) is 8.36. The highest BCUT2D eigenvalue weighted by Gasteiger charge is 2.15. The molecule has 0 atom stereocenters. The summed E-state index contributed by atoms with van der Waals surface area (Å²) in [4.78, 5) is 8.75. The average Bonchev–Trinajstić information content (AvgIpc) is 3.17. The molecular weight excluding hydrogens is 357 g/mol. The maximum Gasteiger partial charge on any atom is 0.168 e. The summed E-state index contributed by atoms with van der Waals surface area (Å²) in [6.07, 6.45) is 4.62. The topological polar surface area (TPSA) is 65.2 Å². The smallest absolute Gasteiger partial charge is 0.168 e. The molecule has 6 nitrogen and oxygen atoms in total. The van der Waals surface area contributed by atoms with Gasteiger partial charge in [0.05, 0.1) is 7.11 Å². The SMILES string of the molecule is COc1cccc(F)c1CCc1ccc(-c2cnc(C)nc2C)c2nncn12. The van der Waals surface area contributed by atoms with E-state index in [-0.39, 0.29) is 5.82 Å². The van der Waals surface area contributed by atoms with Gasteiger partial charge in [0.2, 0.25) is 0 Å². The number of hydrogen-bond donors (Lipinski definition) is 0. The Kier molecular flexibility index (Phi) is 4.73. The van der Waals surface area contributed by atoms with Gasteiger partial charge in [-0.2, -0.15) is 0 Å². The minimum absolute atomic E-state index is 0.261. The lowest BCUT2D eigenvalue weighted by Gasteiger charge is -2.12. The van der Waals surface area contributed by atoms with Gasteiger partial charge in [0.1, 0.15) is 23.7 Å². The Balaban J connectivity index is 1.70.